The summed E-state index contributed by atoms with van der Waals surface area (Å²) in [5.41, 5.74) is 8.81. The molecule has 1 aliphatic rings. The fourth-order valence-electron chi connectivity index (χ4n) is 4.89. The second kappa shape index (κ2) is 8.18. The van der Waals surface area contributed by atoms with Gasteiger partial charge in [-0.3, -0.25) is 0 Å². The third kappa shape index (κ3) is 3.23. The summed E-state index contributed by atoms with van der Waals surface area (Å²) in [4.78, 5) is 4.78. The van der Waals surface area contributed by atoms with Crippen molar-refractivity contribution >= 4 is 33.2 Å². The van der Waals surface area contributed by atoms with Gasteiger partial charge in [0.2, 0.25) is 0 Å². The number of hydrogen-bond donors (Lipinski definition) is 0. The van der Waals surface area contributed by atoms with Crippen LogP contribution < -0.4 is 4.74 Å². The summed E-state index contributed by atoms with van der Waals surface area (Å²) >= 11 is 0. The molecule has 0 N–H and O–H groups in total. The standard InChI is InChI=1S/C31H27NO2/c1-4-19-10-14-21(15-11-19)28-23-8-7-9-24-29(23)25(18-26-30(24)32-27(6-3)33-26)34-31(28)22-16-12-20(5-2)13-17-22/h7-18H,4-6H2,1-3H3. The highest BCUT2D eigenvalue weighted by molar-refractivity contribution is 6.16. The van der Waals surface area contributed by atoms with E-state index in [-0.39, 0.29) is 0 Å². The highest BCUT2D eigenvalue weighted by atomic mass is 16.5. The number of benzene rings is 4. The molecule has 4 aromatic carbocycles. The average Bonchev–Trinajstić information content (AvgIpc) is 3.32. The molecule has 0 atom stereocenters. The van der Waals surface area contributed by atoms with E-state index < -0.39 is 0 Å². The smallest absolute Gasteiger partial charge is 0.195 e. The van der Waals surface area contributed by atoms with Crippen molar-refractivity contribution in [2.75, 3.05) is 0 Å². The molecule has 2 heterocycles. The lowest BCUT2D eigenvalue weighted by atomic mass is 9.87. The molecule has 3 heteroatoms. The van der Waals surface area contributed by atoms with Crippen LogP contribution in [0.1, 0.15) is 54.5 Å². The van der Waals surface area contributed by atoms with Crippen LogP contribution in [0.4, 0.5) is 0 Å². The van der Waals surface area contributed by atoms with Gasteiger partial charge in [0, 0.05) is 34.4 Å². The number of rotatable bonds is 5. The van der Waals surface area contributed by atoms with Crippen molar-refractivity contribution in [1.29, 1.82) is 0 Å². The van der Waals surface area contributed by atoms with Crippen LogP contribution >= 0.6 is 0 Å². The maximum atomic E-state index is 6.73. The largest absolute Gasteiger partial charge is 0.455 e. The van der Waals surface area contributed by atoms with E-state index in [1.54, 1.807) is 0 Å². The zero-order valence-electron chi connectivity index (χ0n) is 19.8. The maximum absolute atomic E-state index is 6.73. The van der Waals surface area contributed by atoms with Gasteiger partial charge in [0.15, 0.2) is 11.5 Å². The van der Waals surface area contributed by atoms with Crippen LogP contribution in [-0.2, 0) is 19.3 Å². The van der Waals surface area contributed by atoms with E-state index in [0.717, 1.165) is 75.2 Å². The molecule has 3 nitrogen and oxygen atoms in total. The number of hydrogen-bond acceptors (Lipinski definition) is 3. The van der Waals surface area contributed by atoms with Gasteiger partial charge < -0.3 is 9.15 Å². The number of oxazole rings is 1. The Hall–Kier alpha value is -3.85. The minimum atomic E-state index is 0.747. The van der Waals surface area contributed by atoms with Crippen molar-refractivity contribution in [3.63, 3.8) is 0 Å². The summed E-state index contributed by atoms with van der Waals surface area (Å²) < 4.78 is 12.8. The molecule has 0 saturated heterocycles. The topological polar surface area (TPSA) is 35.3 Å². The molecule has 5 aromatic rings. The average molecular weight is 446 g/mol. The second-order valence-electron chi connectivity index (χ2n) is 8.82. The van der Waals surface area contributed by atoms with E-state index in [9.17, 15) is 0 Å². The molecule has 0 aliphatic carbocycles. The molecule has 0 fully saturated rings. The Morgan fingerprint density at radius 2 is 1.41 bits per heavy atom. The van der Waals surface area contributed by atoms with Crippen LogP contribution in [0.15, 0.2) is 77.2 Å². The van der Waals surface area contributed by atoms with Crippen molar-refractivity contribution < 1.29 is 9.15 Å². The summed E-state index contributed by atoms with van der Waals surface area (Å²) in [5, 5.41) is 2.16. The monoisotopic (exact) mass is 445 g/mol. The van der Waals surface area contributed by atoms with Crippen LogP contribution in [0.3, 0.4) is 0 Å². The third-order valence-corrected chi connectivity index (χ3v) is 6.81. The predicted octanol–water partition coefficient (Wildman–Crippen LogP) is 7.98. The Morgan fingerprint density at radius 1 is 0.735 bits per heavy atom. The van der Waals surface area contributed by atoms with Gasteiger partial charge in [-0.05, 0) is 35.1 Å². The minimum absolute atomic E-state index is 0.747. The first-order valence-corrected chi connectivity index (χ1v) is 12.2. The van der Waals surface area contributed by atoms with Crippen LogP contribution in [0.5, 0.6) is 5.75 Å². The van der Waals surface area contributed by atoms with Gasteiger partial charge in [-0.1, -0.05) is 87.5 Å². The number of nitrogens with zero attached hydrogens (tertiary/aromatic N) is 1. The number of aryl methyl sites for hydroxylation is 3. The van der Waals surface area contributed by atoms with Gasteiger partial charge >= 0.3 is 0 Å². The Kier molecular flexibility index (Phi) is 4.99. The lowest BCUT2D eigenvalue weighted by Crippen LogP contribution is -2.08. The van der Waals surface area contributed by atoms with Crippen LogP contribution in [0.25, 0.3) is 33.2 Å². The molecule has 0 spiro atoms. The molecule has 168 valence electrons. The van der Waals surface area contributed by atoms with Crippen LogP contribution in [0.2, 0.25) is 0 Å². The van der Waals surface area contributed by atoms with Crippen molar-refractivity contribution in [2.24, 2.45) is 0 Å². The van der Waals surface area contributed by atoms with Gasteiger partial charge in [0.1, 0.15) is 17.0 Å². The highest BCUT2D eigenvalue weighted by Crippen LogP contribution is 2.47. The lowest BCUT2D eigenvalue weighted by molar-refractivity contribution is 0.513. The summed E-state index contributed by atoms with van der Waals surface area (Å²) in [6.45, 7) is 6.42. The molecule has 0 bridgehead atoms. The molecular formula is C31H27NO2. The number of aromatic nitrogens is 1. The SMILES string of the molecule is CCc1ccc(C2=C(c3ccc(CC)cc3)c3cccc4c3c(cc3oc(CC)nc34)O2)cc1. The molecule has 0 unspecified atom stereocenters. The van der Waals surface area contributed by atoms with E-state index in [1.807, 2.05) is 6.07 Å². The Balaban J connectivity index is 1.66. The fourth-order valence-corrected chi connectivity index (χ4v) is 4.89. The normalized spacial score (nSPS) is 13.0. The molecule has 0 saturated carbocycles. The third-order valence-electron chi connectivity index (χ3n) is 6.81. The second-order valence-corrected chi connectivity index (χ2v) is 8.82. The van der Waals surface area contributed by atoms with E-state index in [2.05, 4.69) is 87.5 Å². The number of ether oxygens (including phenoxy) is 1. The quantitative estimate of drug-likeness (QED) is 0.275. The molecule has 0 amide bonds. The van der Waals surface area contributed by atoms with Gasteiger partial charge in [-0.15, -0.1) is 0 Å². The lowest BCUT2D eigenvalue weighted by Gasteiger charge is -2.25. The van der Waals surface area contributed by atoms with Gasteiger partial charge in [0.25, 0.3) is 0 Å². The van der Waals surface area contributed by atoms with Gasteiger partial charge in [0.05, 0.1) is 0 Å². The molecule has 6 rings (SSSR count). The van der Waals surface area contributed by atoms with E-state index in [4.69, 9.17) is 14.1 Å². The predicted molar refractivity (Wildman–Crippen MR) is 139 cm³/mol. The molecule has 1 aliphatic heterocycles. The molecule has 34 heavy (non-hydrogen) atoms. The Bertz CT molecular complexity index is 1550. The van der Waals surface area contributed by atoms with E-state index in [0.29, 0.717) is 0 Å². The molecule has 0 radical (unpaired) electrons. The van der Waals surface area contributed by atoms with Crippen molar-refractivity contribution in [1.82, 2.24) is 4.98 Å². The molecular weight excluding hydrogens is 418 g/mol. The summed E-state index contributed by atoms with van der Waals surface area (Å²) in [7, 11) is 0. The van der Waals surface area contributed by atoms with Crippen molar-refractivity contribution in [3.8, 4) is 5.75 Å². The Labute approximate surface area is 199 Å². The maximum Gasteiger partial charge on any atom is 0.195 e. The van der Waals surface area contributed by atoms with Gasteiger partial charge in [-0.2, -0.15) is 0 Å². The van der Waals surface area contributed by atoms with Crippen LogP contribution in [-0.4, -0.2) is 4.98 Å². The summed E-state index contributed by atoms with van der Waals surface area (Å²) in [6, 6.07) is 26.0. The van der Waals surface area contributed by atoms with E-state index in [1.165, 1.54) is 16.7 Å². The zero-order valence-corrected chi connectivity index (χ0v) is 19.8. The number of fused-ring (bicyclic) bond motifs is 2. The summed E-state index contributed by atoms with van der Waals surface area (Å²) in [6.07, 6.45) is 2.79. The highest BCUT2D eigenvalue weighted by Gasteiger charge is 2.27. The van der Waals surface area contributed by atoms with Crippen molar-refractivity contribution in [3.05, 3.63) is 107 Å². The molecule has 1 aromatic heterocycles. The zero-order chi connectivity index (χ0) is 23.2. The first-order valence-electron chi connectivity index (χ1n) is 12.2. The van der Waals surface area contributed by atoms with E-state index >= 15 is 0 Å². The van der Waals surface area contributed by atoms with Gasteiger partial charge in [-0.25, -0.2) is 4.98 Å². The van der Waals surface area contributed by atoms with Crippen molar-refractivity contribution in [2.45, 2.75) is 40.0 Å². The van der Waals surface area contributed by atoms with Crippen LogP contribution in [0, 0.1) is 0 Å². The summed E-state index contributed by atoms with van der Waals surface area (Å²) in [5.74, 6) is 2.44. The first kappa shape index (κ1) is 20.7. The first-order chi connectivity index (χ1) is 16.7. The minimum Gasteiger partial charge on any atom is -0.455 e. The Morgan fingerprint density at radius 3 is 2.06 bits per heavy atom. The fraction of sp³-hybridized carbons (Fsp3) is 0.194.